The fourth-order valence-corrected chi connectivity index (χ4v) is 4.39. The number of rotatable bonds is 3. The standard InChI is InChI=1S/C17H19ClOS/c18-16-7-6-15(20-16)12-17(19)10-8-14(9-11-17)13-4-2-1-3-5-13/h1-7,14,19H,8-12H2. The molecule has 1 aliphatic rings. The SMILES string of the molecule is OC1(Cc2ccc(Cl)s2)CCC(c2ccccc2)CC1. The van der Waals surface area contributed by atoms with E-state index in [1.807, 2.05) is 12.1 Å². The average Bonchev–Trinajstić information content (AvgIpc) is 2.85. The summed E-state index contributed by atoms with van der Waals surface area (Å²) in [6.07, 6.45) is 4.63. The number of aliphatic hydroxyl groups is 1. The van der Waals surface area contributed by atoms with Crippen molar-refractivity contribution in [1.82, 2.24) is 0 Å². The van der Waals surface area contributed by atoms with Crippen LogP contribution in [0.5, 0.6) is 0 Å². The highest BCUT2D eigenvalue weighted by atomic mass is 35.5. The number of hydrogen-bond donors (Lipinski definition) is 1. The van der Waals surface area contributed by atoms with Gasteiger partial charge in [0.15, 0.2) is 0 Å². The molecule has 0 atom stereocenters. The maximum absolute atomic E-state index is 10.8. The van der Waals surface area contributed by atoms with Crippen molar-refractivity contribution in [1.29, 1.82) is 0 Å². The van der Waals surface area contributed by atoms with Crippen molar-refractivity contribution in [3.63, 3.8) is 0 Å². The van der Waals surface area contributed by atoms with Gasteiger partial charge in [-0.25, -0.2) is 0 Å². The predicted octanol–water partition coefficient (Wildman–Crippen LogP) is 5.03. The van der Waals surface area contributed by atoms with Crippen molar-refractivity contribution in [2.75, 3.05) is 0 Å². The van der Waals surface area contributed by atoms with E-state index in [2.05, 4.69) is 30.3 Å². The summed E-state index contributed by atoms with van der Waals surface area (Å²) >= 11 is 7.55. The fourth-order valence-electron chi connectivity index (χ4n) is 3.16. The van der Waals surface area contributed by atoms with E-state index in [0.717, 1.165) is 36.4 Å². The molecule has 2 aromatic rings. The van der Waals surface area contributed by atoms with Crippen molar-refractivity contribution in [3.8, 4) is 0 Å². The molecule has 1 saturated carbocycles. The summed E-state index contributed by atoms with van der Waals surface area (Å²) in [5, 5.41) is 10.8. The van der Waals surface area contributed by atoms with Crippen LogP contribution in [0.25, 0.3) is 0 Å². The van der Waals surface area contributed by atoms with E-state index in [-0.39, 0.29) is 0 Å². The Morgan fingerprint density at radius 3 is 2.40 bits per heavy atom. The molecule has 0 unspecified atom stereocenters. The van der Waals surface area contributed by atoms with Crippen LogP contribution >= 0.6 is 22.9 Å². The second-order valence-electron chi connectivity index (χ2n) is 5.79. The monoisotopic (exact) mass is 306 g/mol. The van der Waals surface area contributed by atoms with Crippen LogP contribution in [0, 0.1) is 0 Å². The predicted molar refractivity (Wildman–Crippen MR) is 85.6 cm³/mol. The Hall–Kier alpha value is -0.830. The first-order chi connectivity index (χ1) is 9.65. The van der Waals surface area contributed by atoms with Crippen LogP contribution in [0.2, 0.25) is 4.34 Å². The second-order valence-corrected chi connectivity index (χ2v) is 7.59. The normalized spacial score (nSPS) is 26.6. The molecule has 0 radical (unpaired) electrons. The molecule has 20 heavy (non-hydrogen) atoms. The topological polar surface area (TPSA) is 20.2 Å². The number of halogens is 1. The van der Waals surface area contributed by atoms with Crippen LogP contribution < -0.4 is 0 Å². The minimum Gasteiger partial charge on any atom is -0.390 e. The summed E-state index contributed by atoms with van der Waals surface area (Å²) in [4.78, 5) is 1.19. The Bertz CT molecular complexity index is 555. The van der Waals surface area contributed by atoms with Gasteiger partial charge in [-0.3, -0.25) is 0 Å². The van der Waals surface area contributed by atoms with Gasteiger partial charge in [-0.2, -0.15) is 0 Å². The quantitative estimate of drug-likeness (QED) is 0.843. The number of hydrogen-bond acceptors (Lipinski definition) is 2. The highest BCUT2D eigenvalue weighted by Gasteiger charge is 2.34. The van der Waals surface area contributed by atoms with E-state index in [4.69, 9.17) is 11.6 Å². The minimum absolute atomic E-state index is 0.542. The van der Waals surface area contributed by atoms with Crippen LogP contribution in [0.3, 0.4) is 0 Å². The summed E-state index contributed by atoms with van der Waals surface area (Å²) in [6, 6.07) is 14.6. The Labute approximate surface area is 129 Å². The van der Waals surface area contributed by atoms with E-state index >= 15 is 0 Å². The van der Waals surface area contributed by atoms with E-state index in [0.29, 0.717) is 5.92 Å². The van der Waals surface area contributed by atoms with Gasteiger partial charge in [-0.1, -0.05) is 41.9 Å². The van der Waals surface area contributed by atoms with Crippen LogP contribution in [0.4, 0.5) is 0 Å². The van der Waals surface area contributed by atoms with Crippen molar-refractivity contribution in [2.45, 2.75) is 43.6 Å². The van der Waals surface area contributed by atoms with Crippen LogP contribution in [-0.4, -0.2) is 10.7 Å². The van der Waals surface area contributed by atoms with Gasteiger partial charge < -0.3 is 5.11 Å². The lowest BCUT2D eigenvalue weighted by atomic mass is 9.74. The largest absolute Gasteiger partial charge is 0.390 e. The molecule has 106 valence electrons. The first-order valence-electron chi connectivity index (χ1n) is 7.16. The Kier molecular flexibility index (Phi) is 4.16. The molecular formula is C17H19ClOS. The van der Waals surface area contributed by atoms with Crippen molar-refractivity contribution in [3.05, 3.63) is 57.2 Å². The second kappa shape index (κ2) is 5.88. The highest BCUT2D eigenvalue weighted by Crippen LogP contribution is 2.40. The maximum Gasteiger partial charge on any atom is 0.0931 e. The first kappa shape index (κ1) is 14.1. The summed E-state index contributed by atoms with van der Waals surface area (Å²) in [6.45, 7) is 0. The van der Waals surface area contributed by atoms with Gasteiger partial charge in [-0.15, -0.1) is 11.3 Å². The first-order valence-corrected chi connectivity index (χ1v) is 8.36. The van der Waals surface area contributed by atoms with Crippen LogP contribution in [-0.2, 0) is 6.42 Å². The highest BCUT2D eigenvalue weighted by molar-refractivity contribution is 7.16. The Morgan fingerprint density at radius 2 is 1.80 bits per heavy atom. The maximum atomic E-state index is 10.8. The van der Waals surface area contributed by atoms with Crippen LogP contribution in [0.15, 0.2) is 42.5 Å². The van der Waals surface area contributed by atoms with E-state index < -0.39 is 5.60 Å². The molecule has 3 rings (SSSR count). The summed E-state index contributed by atoms with van der Waals surface area (Å²) < 4.78 is 0.807. The third-order valence-electron chi connectivity index (χ3n) is 4.32. The molecular weight excluding hydrogens is 288 g/mol. The van der Waals surface area contributed by atoms with E-state index in [1.54, 1.807) is 11.3 Å². The molecule has 1 aromatic heterocycles. The molecule has 1 heterocycles. The molecule has 1 fully saturated rings. The van der Waals surface area contributed by atoms with Gasteiger partial charge in [0.25, 0.3) is 0 Å². The van der Waals surface area contributed by atoms with Gasteiger partial charge >= 0.3 is 0 Å². The third kappa shape index (κ3) is 3.25. The van der Waals surface area contributed by atoms with Gasteiger partial charge in [0.2, 0.25) is 0 Å². The van der Waals surface area contributed by atoms with Gasteiger partial charge in [0, 0.05) is 11.3 Å². The molecule has 1 N–H and O–H groups in total. The van der Waals surface area contributed by atoms with Crippen molar-refractivity contribution >= 4 is 22.9 Å². The Balaban J connectivity index is 1.62. The fraction of sp³-hybridized carbons (Fsp3) is 0.412. The smallest absolute Gasteiger partial charge is 0.0931 e. The van der Waals surface area contributed by atoms with Crippen LogP contribution in [0.1, 0.15) is 42.0 Å². The lowest BCUT2D eigenvalue weighted by molar-refractivity contribution is 0.000224. The zero-order valence-electron chi connectivity index (χ0n) is 11.4. The molecule has 0 spiro atoms. The molecule has 0 saturated heterocycles. The molecule has 1 nitrogen and oxygen atoms in total. The van der Waals surface area contributed by atoms with Crippen molar-refractivity contribution in [2.24, 2.45) is 0 Å². The van der Waals surface area contributed by atoms with Gasteiger partial charge in [0.05, 0.1) is 9.94 Å². The summed E-state index contributed by atoms with van der Waals surface area (Å²) in [7, 11) is 0. The Morgan fingerprint density at radius 1 is 1.10 bits per heavy atom. The lowest BCUT2D eigenvalue weighted by Gasteiger charge is -2.36. The lowest BCUT2D eigenvalue weighted by Crippen LogP contribution is -2.35. The molecule has 1 aliphatic carbocycles. The van der Waals surface area contributed by atoms with E-state index in [1.165, 1.54) is 10.4 Å². The molecule has 0 amide bonds. The average molecular weight is 307 g/mol. The third-order valence-corrected chi connectivity index (χ3v) is 5.55. The zero-order valence-corrected chi connectivity index (χ0v) is 13.0. The summed E-state index contributed by atoms with van der Waals surface area (Å²) in [5.41, 5.74) is 0.869. The van der Waals surface area contributed by atoms with Gasteiger partial charge in [0.1, 0.15) is 0 Å². The van der Waals surface area contributed by atoms with Gasteiger partial charge in [-0.05, 0) is 49.3 Å². The number of benzene rings is 1. The molecule has 0 aliphatic heterocycles. The molecule has 1 aromatic carbocycles. The summed E-state index contributed by atoms with van der Waals surface area (Å²) in [5.74, 6) is 0.600. The van der Waals surface area contributed by atoms with Crippen molar-refractivity contribution < 1.29 is 5.11 Å². The minimum atomic E-state index is -0.542. The molecule has 0 bridgehead atoms. The zero-order chi connectivity index (χ0) is 14.0. The van der Waals surface area contributed by atoms with E-state index in [9.17, 15) is 5.11 Å². The number of thiophene rings is 1. The molecule has 3 heteroatoms.